The molecule has 1 atom stereocenters. The lowest BCUT2D eigenvalue weighted by molar-refractivity contribution is -0.139. The molecule has 0 aromatic heterocycles. The van der Waals surface area contributed by atoms with Crippen LogP contribution in [0.4, 0.5) is 10.5 Å². The van der Waals surface area contributed by atoms with Gasteiger partial charge < -0.3 is 20.1 Å². The molecule has 140 valence electrons. The summed E-state index contributed by atoms with van der Waals surface area (Å²) in [6.45, 7) is 5.20. The van der Waals surface area contributed by atoms with Crippen molar-refractivity contribution in [2.24, 2.45) is 0 Å². The largest absolute Gasteiger partial charge is 0.480 e. The summed E-state index contributed by atoms with van der Waals surface area (Å²) in [7, 11) is 3.93. The maximum atomic E-state index is 12.0. The Morgan fingerprint density at radius 1 is 1.12 bits per heavy atom. The Kier molecular flexibility index (Phi) is 5.75. The number of fused-ring (bicyclic) bond motifs is 1. The molecule has 0 fully saturated rings. The SMILES string of the molecule is CN(C)c1ccc(CC(NC(=O)OC(C)(C)C)C(=O)O)c2ccccc12. The van der Waals surface area contributed by atoms with E-state index in [4.69, 9.17) is 4.74 Å². The number of nitrogens with one attached hydrogen (secondary N) is 1. The van der Waals surface area contributed by atoms with Gasteiger partial charge >= 0.3 is 12.1 Å². The average molecular weight is 358 g/mol. The lowest BCUT2D eigenvalue weighted by atomic mass is 9.97. The lowest BCUT2D eigenvalue weighted by Gasteiger charge is -2.23. The number of carbonyl (C=O) groups excluding carboxylic acids is 1. The number of carbonyl (C=O) groups is 2. The molecule has 0 spiro atoms. The van der Waals surface area contributed by atoms with Crippen LogP contribution in [0.5, 0.6) is 0 Å². The van der Waals surface area contributed by atoms with E-state index in [0.29, 0.717) is 0 Å². The van der Waals surface area contributed by atoms with Crippen molar-refractivity contribution in [2.45, 2.75) is 38.8 Å². The van der Waals surface area contributed by atoms with E-state index in [2.05, 4.69) is 5.32 Å². The van der Waals surface area contributed by atoms with E-state index < -0.39 is 23.7 Å². The Balaban J connectivity index is 2.31. The second kappa shape index (κ2) is 7.64. The van der Waals surface area contributed by atoms with Gasteiger partial charge in [-0.3, -0.25) is 0 Å². The number of benzene rings is 2. The Labute approximate surface area is 153 Å². The van der Waals surface area contributed by atoms with E-state index in [9.17, 15) is 14.7 Å². The first-order chi connectivity index (χ1) is 12.1. The molecule has 2 N–H and O–H groups in total. The Morgan fingerprint density at radius 3 is 2.27 bits per heavy atom. The number of anilines is 1. The highest BCUT2D eigenvalue weighted by Gasteiger charge is 2.25. The zero-order valence-electron chi connectivity index (χ0n) is 15.9. The Morgan fingerprint density at radius 2 is 1.73 bits per heavy atom. The highest BCUT2D eigenvalue weighted by Crippen LogP contribution is 2.29. The van der Waals surface area contributed by atoms with Crippen LogP contribution in [0.25, 0.3) is 10.8 Å². The van der Waals surface area contributed by atoms with E-state index >= 15 is 0 Å². The molecule has 0 radical (unpaired) electrons. The van der Waals surface area contributed by atoms with E-state index in [-0.39, 0.29) is 6.42 Å². The van der Waals surface area contributed by atoms with Crippen molar-refractivity contribution < 1.29 is 19.4 Å². The number of nitrogens with zero attached hydrogens (tertiary/aromatic N) is 1. The third kappa shape index (κ3) is 4.88. The molecule has 1 amide bonds. The van der Waals surface area contributed by atoms with Crippen molar-refractivity contribution in [1.29, 1.82) is 0 Å². The molecule has 0 heterocycles. The van der Waals surface area contributed by atoms with Gasteiger partial charge in [-0.1, -0.05) is 30.3 Å². The number of carboxylic acids is 1. The second-order valence-electron chi connectivity index (χ2n) is 7.43. The van der Waals surface area contributed by atoms with Crippen molar-refractivity contribution >= 4 is 28.5 Å². The minimum Gasteiger partial charge on any atom is -0.480 e. The summed E-state index contributed by atoms with van der Waals surface area (Å²) >= 11 is 0. The molecule has 0 saturated heterocycles. The zero-order valence-corrected chi connectivity index (χ0v) is 15.9. The summed E-state index contributed by atoms with van der Waals surface area (Å²) in [4.78, 5) is 25.6. The van der Waals surface area contributed by atoms with Crippen LogP contribution in [-0.2, 0) is 16.0 Å². The van der Waals surface area contributed by atoms with Gasteiger partial charge in [0.2, 0.25) is 0 Å². The number of ether oxygens (including phenoxy) is 1. The van der Waals surface area contributed by atoms with Crippen molar-refractivity contribution in [3.05, 3.63) is 42.0 Å². The molecule has 0 aliphatic carbocycles. The summed E-state index contributed by atoms with van der Waals surface area (Å²) in [5.41, 5.74) is 1.22. The summed E-state index contributed by atoms with van der Waals surface area (Å²) in [6.07, 6.45) is -0.567. The van der Waals surface area contributed by atoms with Gasteiger partial charge in [0, 0.05) is 31.6 Å². The first-order valence-corrected chi connectivity index (χ1v) is 8.49. The van der Waals surface area contributed by atoms with Crippen LogP contribution in [0.3, 0.4) is 0 Å². The average Bonchev–Trinajstić information content (AvgIpc) is 2.52. The minimum atomic E-state index is -1.10. The molecule has 0 bridgehead atoms. The van der Waals surface area contributed by atoms with E-state index in [0.717, 1.165) is 22.0 Å². The quantitative estimate of drug-likeness (QED) is 0.856. The van der Waals surface area contributed by atoms with E-state index in [1.807, 2.05) is 55.4 Å². The third-order valence-electron chi connectivity index (χ3n) is 3.89. The number of hydrogen-bond acceptors (Lipinski definition) is 4. The van der Waals surface area contributed by atoms with Crippen molar-refractivity contribution in [3.63, 3.8) is 0 Å². The molecule has 0 aliphatic rings. The fourth-order valence-corrected chi connectivity index (χ4v) is 2.78. The molecule has 2 rings (SSSR count). The second-order valence-corrected chi connectivity index (χ2v) is 7.43. The number of alkyl carbamates (subject to hydrolysis) is 1. The predicted molar refractivity (Wildman–Crippen MR) is 103 cm³/mol. The summed E-state index contributed by atoms with van der Waals surface area (Å²) < 4.78 is 5.17. The summed E-state index contributed by atoms with van der Waals surface area (Å²) in [6, 6.07) is 10.6. The maximum absolute atomic E-state index is 12.0. The smallest absolute Gasteiger partial charge is 0.408 e. The molecule has 2 aromatic carbocycles. The van der Waals surface area contributed by atoms with Gasteiger partial charge in [0.1, 0.15) is 11.6 Å². The predicted octanol–water partition coefficient (Wildman–Crippen LogP) is 3.43. The van der Waals surface area contributed by atoms with Crippen LogP contribution < -0.4 is 10.2 Å². The third-order valence-corrected chi connectivity index (χ3v) is 3.89. The number of rotatable bonds is 5. The lowest BCUT2D eigenvalue weighted by Crippen LogP contribution is -2.44. The number of hydrogen-bond donors (Lipinski definition) is 2. The molecule has 2 aromatic rings. The van der Waals surface area contributed by atoms with E-state index in [1.165, 1.54) is 0 Å². The molecular weight excluding hydrogens is 332 g/mol. The van der Waals surface area contributed by atoms with Gasteiger partial charge in [-0.2, -0.15) is 0 Å². The molecule has 1 unspecified atom stereocenters. The Hall–Kier alpha value is -2.76. The normalized spacial score (nSPS) is 12.5. The van der Waals surface area contributed by atoms with Crippen molar-refractivity contribution in [1.82, 2.24) is 5.32 Å². The van der Waals surface area contributed by atoms with Crippen LogP contribution >= 0.6 is 0 Å². The zero-order chi connectivity index (χ0) is 19.5. The number of carboxylic acid groups (broad SMARTS) is 1. The van der Waals surface area contributed by atoms with Gasteiger partial charge in [0.05, 0.1) is 0 Å². The summed E-state index contributed by atoms with van der Waals surface area (Å²) in [5.74, 6) is -1.10. The van der Waals surface area contributed by atoms with Crippen LogP contribution in [0.1, 0.15) is 26.3 Å². The molecule has 0 aliphatic heterocycles. The van der Waals surface area contributed by atoms with Gasteiger partial charge in [-0.25, -0.2) is 9.59 Å². The molecule has 26 heavy (non-hydrogen) atoms. The highest BCUT2D eigenvalue weighted by atomic mass is 16.6. The fraction of sp³-hybridized carbons (Fsp3) is 0.400. The van der Waals surface area contributed by atoms with Gasteiger partial charge in [-0.05, 0) is 37.8 Å². The molecule has 6 heteroatoms. The van der Waals surface area contributed by atoms with Crippen LogP contribution in [-0.4, -0.2) is 42.9 Å². The van der Waals surface area contributed by atoms with Crippen LogP contribution in [0.15, 0.2) is 36.4 Å². The van der Waals surface area contributed by atoms with Gasteiger partial charge in [-0.15, -0.1) is 0 Å². The highest BCUT2D eigenvalue weighted by molar-refractivity contribution is 5.96. The Bertz CT molecular complexity index is 809. The first-order valence-electron chi connectivity index (χ1n) is 8.49. The molecule has 6 nitrogen and oxygen atoms in total. The molecular formula is C20H26N2O4. The topological polar surface area (TPSA) is 78.9 Å². The number of amides is 1. The van der Waals surface area contributed by atoms with Gasteiger partial charge in [0.25, 0.3) is 0 Å². The monoisotopic (exact) mass is 358 g/mol. The maximum Gasteiger partial charge on any atom is 0.408 e. The van der Waals surface area contributed by atoms with Crippen LogP contribution in [0.2, 0.25) is 0 Å². The minimum absolute atomic E-state index is 0.169. The van der Waals surface area contributed by atoms with Crippen LogP contribution in [0, 0.1) is 0 Å². The molecule has 0 saturated carbocycles. The number of aliphatic carboxylic acids is 1. The first kappa shape index (κ1) is 19.6. The van der Waals surface area contributed by atoms with E-state index in [1.54, 1.807) is 20.8 Å². The van der Waals surface area contributed by atoms with Gasteiger partial charge in [0.15, 0.2) is 0 Å². The summed E-state index contributed by atoms with van der Waals surface area (Å²) in [5, 5.41) is 14.0. The fourth-order valence-electron chi connectivity index (χ4n) is 2.78. The van der Waals surface area contributed by atoms with Crippen molar-refractivity contribution in [3.8, 4) is 0 Å². The van der Waals surface area contributed by atoms with Crippen molar-refractivity contribution in [2.75, 3.05) is 19.0 Å². The standard InChI is InChI=1S/C20H26N2O4/c1-20(2,3)26-19(25)21-16(18(23)24)12-13-10-11-17(22(4)5)15-9-7-6-8-14(13)15/h6-11,16H,12H2,1-5H3,(H,21,25)(H,23,24).